The zero-order valence-corrected chi connectivity index (χ0v) is 13.6. The summed E-state index contributed by atoms with van der Waals surface area (Å²) in [6.45, 7) is 8.33. The van der Waals surface area contributed by atoms with Gasteiger partial charge in [0, 0.05) is 11.9 Å². The first kappa shape index (κ1) is 15.2. The first-order chi connectivity index (χ1) is 11.0. The van der Waals surface area contributed by atoms with Gasteiger partial charge in [0.2, 0.25) is 0 Å². The second-order valence-corrected chi connectivity index (χ2v) is 5.37. The van der Waals surface area contributed by atoms with E-state index in [2.05, 4.69) is 10.1 Å². The van der Waals surface area contributed by atoms with Crippen molar-refractivity contribution in [1.29, 1.82) is 0 Å². The van der Waals surface area contributed by atoms with Gasteiger partial charge in [0.15, 0.2) is 5.65 Å². The van der Waals surface area contributed by atoms with Crippen molar-refractivity contribution in [3.05, 3.63) is 39.6 Å². The molecule has 1 aromatic carbocycles. The van der Waals surface area contributed by atoms with Gasteiger partial charge in [0.25, 0.3) is 5.82 Å². The van der Waals surface area contributed by atoms with Gasteiger partial charge in [-0.25, -0.2) is 14.6 Å². The molecule has 0 aliphatic heterocycles. The van der Waals surface area contributed by atoms with Gasteiger partial charge in [-0.3, -0.25) is 4.57 Å². The Balaban J connectivity index is 2.44. The van der Waals surface area contributed by atoms with Crippen molar-refractivity contribution in [1.82, 2.24) is 19.2 Å². The lowest BCUT2D eigenvalue weighted by Gasteiger charge is -2.11. The van der Waals surface area contributed by atoms with Gasteiger partial charge in [-0.1, -0.05) is 0 Å². The second kappa shape index (κ2) is 5.49. The number of aryl methyl sites for hydroxylation is 3. The zero-order chi connectivity index (χ0) is 16.7. The molecule has 0 unspecified atom stereocenters. The minimum atomic E-state index is -0.629. The largest absolute Gasteiger partial charge is 0.460 e. The molecule has 3 aromatic rings. The lowest BCUT2D eigenvalue weighted by molar-refractivity contribution is 0.0512. The lowest BCUT2D eigenvalue weighted by atomic mass is 10.1. The van der Waals surface area contributed by atoms with E-state index in [0.29, 0.717) is 12.2 Å². The van der Waals surface area contributed by atoms with Gasteiger partial charge in [0.1, 0.15) is 0 Å². The van der Waals surface area contributed by atoms with Crippen LogP contribution in [0.5, 0.6) is 0 Å². The van der Waals surface area contributed by atoms with E-state index in [-0.39, 0.29) is 18.1 Å². The molecule has 0 N–H and O–H groups in total. The predicted octanol–water partition coefficient (Wildman–Crippen LogP) is 1.86. The summed E-state index contributed by atoms with van der Waals surface area (Å²) in [4.78, 5) is 28.7. The van der Waals surface area contributed by atoms with E-state index in [4.69, 9.17) is 4.74 Å². The molecule has 0 spiro atoms. The Morgan fingerprint density at radius 3 is 2.57 bits per heavy atom. The molecule has 7 heteroatoms. The van der Waals surface area contributed by atoms with E-state index in [1.54, 1.807) is 11.5 Å². The summed E-state index contributed by atoms with van der Waals surface area (Å²) in [5.74, 6) is -0.729. The summed E-state index contributed by atoms with van der Waals surface area (Å²) in [5, 5.41) is 4.83. The van der Waals surface area contributed by atoms with Crippen molar-refractivity contribution in [3.8, 4) is 0 Å². The van der Waals surface area contributed by atoms with Crippen molar-refractivity contribution in [2.75, 3.05) is 6.61 Å². The third kappa shape index (κ3) is 2.28. The Kier molecular flexibility index (Phi) is 3.63. The maximum atomic E-state index is 12.6. The Hall–Kier alpha value is -2.70. The third-order valence-electron chi connectivity index (χ3n) is 3.94. The number of carbonyl (C=O) groups is 1. The number of ether oxygens (including phenoxy) is 1. The average molecular weight is 314 g/mol. The highest BCUT2D eigenvalue weighted by atomic mass is 16.5. The van der Waals surface area contributed by atoms with Crippen molar-refractivity contribution in [2.24, 2.45) is 0 Å². The van der Waals surface area contributed by atoms with E-state index in [9.17, 15) is 9.59 Å². The summed E-state index contributed by atoms with van der Waals surface area (Å²) in [7, 11) is 0. The van der Waals surface area contributed by atoms with E-state index in [0.717, 1.165) is 22.0 Å². The van der Waals surface area contributed by atoms with Gasteiger partial charge in [0.05, 0.1) is 12.1 Å². The quantitative estimate of drug-likeness (QED) is 0.689. The molecule has 0 saturated heterocycles. The summed E-state index contributed by atoms with van der Waals surface area (Å²) in [6, 6.07) is 3.93. The van der Waals surface area contributed by atoms with Gasteiger partial charge in [-0.2, -0.15) is 4.52 Å². The normalized spacial score (nSPS) is 11.3. The van der Waals surface area contributed by atoms with Crippen LogP contribution in [-0.4, -0.2) is 31.7 Å². The molecule has 2 heterocycles. The molecular formula is C16H18N4O3. The fraction of sp³-hybridized carbons (Fsp3) is 0.375. The van der Waals surface area contributed by atoms with Gasteiger partial charge >= 0.3 is 11.7 Å². The molecule has 0 radical (unpaired) electrons. The van der Waals surface area contributed by atoms with Crippen LogP contribution >= 0.6 is 0 Å². The van der Waals surface area contributed by atoms with Crippen LogP contribution in [0.1, 0.15) is 35.6 Å². The number of nitrogens with zero attached hydrogens (tertiary/aromatic N) is 4. The average Bonchev–Trinajstić information content (AvgIpc) is 2.96. The molecule has 7 nitrogen and oxygen atoms in total. The molecule has 0 amide bonds. The van der Waals surface area contributed by atoms with E-state index >= 15 is 0 Å². The highest BCUT2D eigenvalue weighted by molar-refractivity contribution is 5.94. The summed E-state index contributed by atoms with van der Waals surface area (Å²) >= 11 is 0. The van der Waals surface area contributed by atoms with Gasteiger partial charge < -0.3 is 4.74 Å². The van der Waals surface area contributed by atoms with Crippen molar-refractivity contribution in [2.45, 2.75) is 34.2 Å². The molecule has 0 saturated carbocycles. The fourth-order valence-electron chi connectivity index (χ4n) is 2.63. The molecule has 3 rings (SSSR count). The lowest BCUT2D eigenvalue weighted by Crippen LogP contribution is -2.27. The minimum absolute atomic E-state index is 0.0997. The standard InChI is InChI=1S/C16H18N4O3/c1-5-19-12-8-10(4)9(3)7-11(12)14-17-13(15(21)23-6-2)18-20(14)16(19)22/h7-8H,5-6H2,1-4H3. The number of esters is 1. The Morgan fingerprint density at radius 2 is 1.91 bits per heavy atom. The monoisotopic (exact) mass is 314 g/mol. The van der Waals surface area contributed by atoms with Crippen molar-refractivity contribution >= 4 is 22.5 Å². The maximum Gasteiger partial charge on any atom is 0.378 e. The molecule has 0 aliphatic carbocycles. The maximum absolute atomic E-state index is 12.6. The van der Waals surface area contributed by atoms with Gasteiger partial charge in [-0.05, 0) is 51.0 Å². The SMILES string of the molecule is CCOC(=O)c1nc2c3cc(C)c(C)cc3n(CC)c(=O)n2n1. The van der Waals surface area contributed by atoms with Crippen LogP contribution in [0.3, 0.4) is 0 Å². The zero-order valence-electron chi connectivity index (χ0n) is 13.6. The molecular weight excluding hydrogens is 296 g/mol. The highest BCUT2D eigenvalue weighted by Gasteiger charge is 2.19. The molecule has 0 fully saturated rings. The summed E-state index contributed by atoms with van der Waals surface area (Å²) in [6.07, 6.45) is 0. The Morgan fingerprint density at radius 1 is 1.22 bits per heavy atom. The summed E-state index contributed by atoms with van der Waals surface area (Å²) in [5.41, 5.74) is 3.02. The van der Waals surface area contributed by atoms with Crippen LogP contribution in [0.2, 0.25) is 0 Å². The fourth-order valence-corrected chi connectivity index (χ4v) is 2.63. The van der Waals surface area contributed by atoms with Crippen molar-refractivity contribution in [3.63, 3.8) is 0 Å². The Labute approximate surface area is 132 Å². The second-order valence-electron chi connectivity index (χ2n) is 5.37. The molecule has 23 heavy (non-hydrogen) atoms. The van der Waals surface area contributed by atoms with Crippen LogP contribution < -0.4 is 5.69 Å². The minimum Gasteiger partial charge on any atom is -0.460 e. The van der Waals surface area contributed by atoms with Crippen molar-refractivity contribution < 1.29 is 9.53 Å². The molecule has 0 atom stereocenters. The number of rotatable bonds is 3. The summed E-state index contributed by atoms with van der Waals surface area (Å²) < 4.78 is 7.72. The topological polar surface area (TPSA) is 78.5 Å². The Bertz CT molecular complexity index is 985. The van der Waals surface area contributed by atoms with E-state index in [1.807, 2.05) is 32.9 Å². The van der Waals surface area contributed by atoms with Crippen LogP contribution in [0.4, 0.5) is 0 Å². The number of fused-ring (bicyclic) bond motifs is 3. The smallest absolute Gasteiger partial charge is 0.378 e. The predicted molar refractivity (Wildman–Crippen MR) is 85.9 cm³/mol. The van der Waals surface area contributed by atoms with Crippen LogP contribution in [0.15, 0.2) is 16.9 Å². The number of benzene rings is 1. The van der Waals surface area contributed by atoms with Gasteiger partial charge in [-0.15, -0.1) is 5.10 Å². The number of hydrogen-bond donors (Lipinski definition) is 0. The molecule has 0 aliphatic rings. The van der Waals surface area contributed by atoms with Crippen LogP contribution in [0, 0.1) is 13.8 Å². The molecule has 0 bridgehead atoms. The number of hydrogen-bond acceptors (Lipinski definition) is 5. The van der Waals surface area contributed by atoms with Crippen LogP contribution in [0.25, 0.3) is 16.6 Å². The number of aromatic nitrogens is 4. The molecule has 2 aromatic heterocycles. The van der Waals surface area contributed by atoms with E-state index in [1.165, 1.54) is 4.52 Å². The first-order valence-corrected chi connectivity index (χ1v) is 7.55. The van der Waals surface area contributed by atoms with Crippen LogP contribution in [-0.2, 0) is 11.3 Å². The first-order valence-electron chi connectivity index (χ1n) is 7.55. The number of carbonyl (C=O) groups excluding carboxylic acids is 1. The third-order valence-corrected chi connectivity index (χ3v) is 3.94. The van der Waals surface area contributed by atoms with E-state index < -0.39 is 5.97 Å². The highest BCUT2D eigenvalue weighted by Crippen LogP contribution is 2.21. The molecule has 120 valence electrons.